The van der Waals surface area contributed by atoms with E-state index in [1.54, 1.807) is 0 Å². The van der Waals surface area contributed by atoms with E-state index < -0.39 is 26.5 Å². The quantitative estimate of drug-likeness (QED) is 0.0211. The molecule has 0 heterocycles. The fourth-order valence-electron chi connectivity index (χ4n) is 8.51. The lowest BCUT2D eigenvalue weighted by atomic mass is 10.0. The van der Waals surface area contributed by atoms with Crippen LogP contribution in [0.4, 0.5) is 0 Å². The third kappa shape index (κ3) is 58.7. The largest absolute Gasteiger partial charge is 0.472 e. The van der Waals surface area contributed by atoms with Gasteiger partial charge >= 0.3 is 19.8 Å². The summed E-state index contributed by atoms with van der Waals surface area (Å²) in [6.07, 6.45) is 72.6. The van der Waals surface area contributed by atoms with Crippen LogP contribution in [-0.2, 0) is 32.7 Å². The Morgan fingerprint density at radius 2 is 0.770 bits per heavy atom. The molecule has 0 aliphatic heterocycles. The van der Waals surface area contributed by atoms with E-state index in [0.29, 0.717) is 17.4 Å². The number of hydrogen-bond acceptors (Lipinski definition) is 7. The highest BCUT2D eigenvalue weighted by Gasteiger charge is 2.27. The van der Waals surface area contributed by atoms with Gasteiger partial charge in [0.1, 0.15) is 19.8 Å². The number of phosphoric acid groups is 1. The van der Waals surface area contributed by atoms with Gasteiger partial charge in [-0.25, -0.2) is 4.57 Å². The minimum Gasteiger partial charge on any atom is -0.462 e. The van der Waals surface area contributed by atoms with Crippen LogP contribution in [0.25, 0.3) is 0 Å². The molecule has 74 heavy (non-hydrogen) atoms. The summed E-state index contributed by atoms with van der Waals surface area (Å²) in [6.45, 7) is 4.34. The van der Waals surface area contributed by atoms with E-state index in [0.717, 1.165) is 77.0 Å². The van der Waals surface area contributed by atoms with Gasteiger partial charge < -0.3 is 18.9 Å². The molecule has 0 bridgehead atoms. The first-order valence-electron chi connectivity index (χ1n) is 30.7. The van der Waals surface area contributed by atoms with Gasteiger partial charge in [-0.15, -0.1) is 0 Å². The Kier molecular flexibility index (Phi) is 53.3. The summed E-state index contributed by atoms with van der Waals surface area (Å²) >= 11 is 0. The topological polar surface area (TPSA) is 108 Å². The van der Waals surface area contributed by atoms with Crippen molar-refractivity contribution >= 4 is 19.8 Å². The van der Waals surface area contributed by atoms with Crippen molar-refractivity contribution in [2.75, 3.05) is 47.5 Å². The number of hydrogen-bond donors (Lipinski definition) is 1. The molecule has 0 saturated heterocycles. The second-order valence-corrected chi connectivity index (χ2v) is 23.2. The predicted octanol–water partition coefficient (Wildman–Crippen LogP) is 19.3. The molecule has 0 spiro atoms. The average molecular weight is 1060 g/mol. The number of allylic oxidation sites excluding steroid dienone is 12. The first kappa shape index (κ1) is 71.5. The van der Waals surface area contributed by atoms with Crippen LogP contribution < -0.4 is 0 Å². The third-order valence-corrected chi connectivity index (χ3v) is 14.2. The lowest BCUT2D eigenvalue weighted by molar-refractivity contribution is -0.870. The van der Waals surface area contributed by atoms with Gasteiger partial charge in [-0.1, -0.05) is 247 Å². The Bertz CT molecular complexity index is 1480. The summed E-state index contributed by atoms with van der Waals surface area (Å²) in [4.78, 5) is 35.8. The standard InChI is InChI=1S/C64H116NO8P/c1-6-8-10-12-14-16-18-20-22-24-26-28-30-32-34-36-38-40-42-44-46-48-50-52-54-56-63(66)70-60-62(61-72-74(68,69)71-59-58-65(3,4)5)73-64(67)57-55-53-51-49-47-45-43-41-39-37-35-33-31-29-27-25-23-21-19-17-15-13-11-9-7-2/h9,11,15,17,21,23-24,26-27,29,33,35,62H,6-8,10,12-14,16,18-20,22,25,28,30-32,34,36-61H2,1-5H3/p+1/b11-9-,17-15-,23-21-,26-24-,29-27-,35-33-. The molecule has 1 N–H and O–H groups in total. The van der Waals surface area contributed by atoms with Crippen LogP contribution in [-0.4, -0.2) is 74.9 Å². The molecule has 0 radical (unpaired) electrons. The summed E-state index contributed by atoms with van der Waals surface area (Å²) in [5.74, 6) is -0.799. The maximum atomic E-state index is 12.8. The Hall–Kier alpha value is -2.55. The van der Waals surface area contributed by atoms with Crippen LogP contribution in [0, 0.1) is 0 Å². The SMILES string of the molecule is CC/C=C\C/C=C\C/C=C\C/C=C\C/C=C\CCCCCCCCCCCC(=O)OC(COC(=O)CCCCCCCCCCCCCCC/C=C\CCCCCCCCCC)COP(=O)(O)OCC[N+](C)(C)C. The molecule has 0 aliphatic rings. The zero-order valence-electron chi connectivity index (χ0n) is 48.8. The monoisotopic (exact) mass is 1060 g/mol. The van der Waals surface area contributed by atoms with E-state index >= 15 is 0 Å². The summed E-state index contributed by atoms with van der Waals surface area (Å²) in [6, 6.07) is 0. The molecule has 0 saturated carbocycles. The molecule has 9 nitrogen and oxygen atoms in total. The highest BCUT2D eigenvalue weighted by molar-refractivity contribution is 7.47. The second-order valence-electron chi connectivity index (χ2n) is 21.7. The van der Waals surface area contributed by atoms with Gasteiger partial charge in [-0.3, -0.25) is 18.6 Å². The fourth-order valence-corrected chi connectivity index (χ4v) is 9.25. The summed E-state index contributed by atoms with van der Waals surface area (Å²) in [5.41, 5.74) is 0. The normalized spacial score (nSPS) is 13.8. The van der Waals surface area contributed by atoms with Crippen molar-refractivity contribution in [2.45, 2.75) is 277 Å². The van der Waals surface area contributed by atoms with Crippen molar-refractivity contribution in [2.24, 2.45) is 0 Å². The van der Waals surface area contributed by atoms with Crippen LogP contribution in [0.2, 0.25) is 0 Å². The van der Waals surface area contributed by atoms with E-state index in [1.807, 2.05) is 21.1 Å². The molecule has 430 valence electrons. The van der Waals surface area contributed by atoms with Crippen molar-refractivity contribution in [3.63, 3.8) is 0 Å². The van der Waals surface area contributed by atoms with Crippen molar-refractivity contribution in [3.05, 3.63) is 72.9 Å². The lowest BCUT2D eigenvalue weighted by Crippen LogP contribution is -2.37. The zero-order valence-corrected chi connectivity index (χ0v) is 49.7. The van der Waals surface area contributed by atoms with Gasteiger partial charge in [-0.2, -0.15) is 0 Å². The average Bonchev–Trinajstić information content (AvgIpc) is 3.36. The minimum absolute atomic E-state index is 0.0284. The van der Waals surface area contributed by atoms with Crippen molar-refractivity contribution in [1.82, 2.24) is 0 Å². The third-order valence-electron chi connectivity index (χ3n) is 13.2. The van der Waals surface area contributed by atoms with Gasteiger partial charge in [-0.05, 0) is 83.5 Å². The van der Waals surface area contributed by atoms with Gasteiger partial charge in [0, 0.05) is 12.8 Å². The van der Waals surface area contributed by atoms with Gasteiger partial charge in [0.05, 0.1) is 27.7 Å². The Labute approximate surface area is 457 Å². The molecule has 0 aromatic rings. The number of likely N-dealkylation sites (N-methyl/N-ethyl adjacent to an activating group) is 1. The number of phosphoric ester groups is 1. The summed E-state index contributed by atoms with van der Waals surface area (Å²) in [7, 11) is 1.47. The molecule has 2 unspecified atom stereocenters. The molecular weight excluding hydrogens is 942 g/mol. The molecule has 0 aromatic heterocycles. The summed E-state index contributed by atoms with van der Waals surface area (Å²) in [5, 5.41) is 0. The molecule has 0 rings (SSSR count). The number of unbranched alkanes of at least 4 members (excludes halogenated alkanes) is 30. The molecule has 0 aromatic carbocycles. The van der Waals surface area contributed by atoms with Crippen LogP contribution in [0.1, 0.15) is 271 Å². The van der Waals surface area contributed by atoms with Crippen molar-refractivity contribution < 1.29 is 42.1 Å². The molecule has 0 amide bonds. The molecule has 10 heteroatoms. The fraction of sp³-hybridized carbons (Fsp3) is 0.781. The van der Waals surface area contributed by atoms with Gasteiger partial charge in [0.2, 0.25) is 0 Å². The van der Waals surface area contributed by atoms with Gasteiger partial charge in [0.25, 0.3) is 0 Å². The Morgan fingerprint density at radius 3 is 1.16 bits per heavy atom. The maximum absolute atomic E-state index is 12.8. The lowest BCUT2D eigenvalue weighted by Gasteiger charge is -2.24. The predicted molar refractivity (Wildman–Crippen MR) is 316 cm³/mol. The molecule has 0 fully saturated rings. The van der Waals surface area contributed by atoms with E-state index in [1.165, 1.54) is 161 Å². The van der Waals surface area contributed by atoms with Crippen molar-refractivity contribution in [3.8, 4) is 0 Å². The first-order chi connectivity index (χ1) is 36.0. The van der Waals surface area contributed by atoms with E-state index in [9.17, 15) is 19.0 Å². The van der Waals surface area contributed by atoms with E-state index in [4.69, 9.17) is 18.5 Å². The maximum Gasteiger partial charge on any atom is 0.472 e. The number of esters is 2. The van der Waals surface area contributed by atoms with E-state index in [-0.39, 0.29) is 32.0 Å². The van der Waals surface area contributed by atoms with E-state index in [2.05, 4.69) is 86.8 Å². The Morgan fingerprint density at radius 1 is 0.432 bits per heavy atom. The number of carbonyl (C=O) groups is 2. The number of ether oxygens (including phenoxy) is 2. The van der Waals surface area contributed by atoms with Crippen LogP contribution in [0.3, 0.4) is 0 Å². The molecule has 2 atom stereocenters. The smallest absolute Gasteiger partial charge is 0.462 e. The Balaban J connectivity index is 4.15. The van der Waals surface area contributed by atoms with Crippen molar-refractivity contribution in [1.29, 1.82) is 0 Å². The highest BCUT2D eigenvalue weighted by atomic mass is 31.2. The van der Waals surface area contributed by atoms with Gasteiger partial charge in [0.15, 0.2) is 6.10 Å². The second kappa shape index (κ2) is 55.2. The number of carbonyl (C=O) groups excluding carboxylic acids is 2. The number of quaternary nitrogens is 1. The zero-order chi connectivity index (χ0) is 54.2. The summed E-state index contributed by atoms with van der Waals surface area (Å²) < 4.78 is 34.6. The molecular formula is C64H117NO8P+. The highest BCUT2D eigenvalue weighted by Crippen LogP contribution is 2.43. The minimum atomic E-state index is -4.39. The first-order valence-corrected chi connectivity index (χ1v) is 32.2. The number of nitrogens with zero attached hydrogens (tertiary/aromatic N) is 1. The number of rotatable bonds is 56. The molecule has 0 aliphatic carbocycles. The van der Waals surface area contributed by atoms with Crippen LogP contribution >= 0.6 is 7.82 Å². The van der Waals surface area contributed by atoms with Crippen LogP contribution in [0.5, 0.6) is 0 Å². The van der Waals surface area contributed by atoms with Crippen LogP contribution in [0.15, 0.2) is 72.9 Å².